The fraction of sp³-hybridized carbons (Fsp3) is 0. The van der Waals surface area contributed by atoms with E-state index in [0.717, 1.165) is 28.2 Å². The molecule has 1 aromatic heterocycles. The first kappa shape index (κ1) is 20.0. The van der Waals surface area contributed by atoms with E-state index in [1.807, 2.05) is 60.7 Å². The third-order valence-electron chi connectivity index (χ3n) is 4.95. The van der Waals surface area contributed by atoms with Crippen molar-refractivity contribution in [3.8, 4) is 44.6 Å². The van der Waals surface area contributed by atoms with Crippen molar-refractivity contribution >= 4 is 11.3 Å². The van der Waals surface area contributed by atoms with Gasteiger partial charge in [-0.05, 0) is 83.2 Å². The minimum absolute atomic E-state index is 0.292. The van der Waals surface area contributed by atoms with Gasteiger partial charge in [0, 0.05) is 10.4 Å². The quantitative estimate of drug-likeness (QED) is 0.264. The molecule has 0 aliphatic heterocycles. The van der Waals surface area contributed by atoms with Crippen LogP contribution in [0.1, 0.15) is 0 Å². The molecule has 156 valence electrons. The van der Waals surface area contributed by atoms with E-state index < -0.39 is 0 Å². The average Bonchev–Trinajstić information content (AvgIpc) is 3.37. The second-order valence-electron chi connectivity index (χ2n) is 7.19. The second-order valence-corrected chi connectivity index (χ2v) is 8.13. The summed E-state index contributed by atoms with van der Waals surface area (Å²) in [6.45, 7) is 0. The fourth-order valence-electron chi connectivity index (χ4n) is 3.42. The predicted octanol–water partition coefficient (Wildman–Crippen LogP) is 8.81. The van der Waals surface area contributed by atoms with E-state index in [0.29, 0.717) is 11.5 Å². The van der Waals surface area contributed by atoms with Crippen LogP contribution in [0.2, 0.25) is 0 Å². The molecule has 5 aromatic rings. The highest BCUT2D eigenvalue weighted by Gasteiger charge is 2.12. The maximum absolute atomic E-state index is 13.2. The second kappa shape index (κ2) is 9.08. The third-order valence-corrected chi connectivity index (χ3v) is 5.87. The molecule has 0 spiro atoms. The van der Waals surface area contributed by atoms with Gasteiger partial charge in [0.05, 0.1) is 0 Å². The van der Waals surface area contributed by atoms with Crippen molar-refractivity contribution in [2.45, 2.75) is 0 Å². The Kier molecular flexibility index (Phi) is 5.69. The molecule has 4 aromatic carbocycles. The fourth-order valence-corrected chi connectivity index (χ4v) is 4.15. The van der Waals surface area contributed by atoms with Crippen LogP contribution in [0, 0.1) is 5.82 Å². The summed E-state index contributed by atoms with van der Waals surface area (Å²) in [5, 5.41) is 2.07. The summed E-state index contributed by atoms with van der Waals surface area (Å²) in [5.41, 5.74) is 3.03. The largest absolute Gasteiger partial charge is 0.457 e. The first-order chi connectivity index (χ1) is 15.7. The molecular weight excluding hydrogens is 419 g/mol. The van der Waals surface area contributed by atoms with Crippen molar-refractivity contribution in [2.24, 2.45) is 0 Å². The average molecular weight is 439 g/mol. The van der Waals surface area contributed by atoms with E-state index in [4.69, 9.17) is 9.47 Å². The summed E-state index contributed by atoms with van der Waals surface area (Å²) >= 11 is 1.70. The smallest absolute Gasteiger partial charge is 0.135 e. The normalized spacial score (nSPS) is 10.7. The van der Waals surface area contributed by atoms with Gasteiger partial charge in [0.25, 0.3) is 0 Å². The zero-order valence-electron chi connectivity index (χ0n) is 17.1. The Morgan fingerprint density at radius 2 is 1.34 bits per heavy atom. The van der Waals surface area contributed by atoms with E-state index in [-0.39, 0.29) is 5.82 Å². The van der Waals surface area contributed by atoms with Crippen molar-refractivity contribution in [1.29, 1.82) is 0 Å². The van der Waals surface area contributed by atoms with Crippen LogP contribution in [0.25, 0.3) is 21.6 Å². The van der Waals surface area contributed by atoms with Gasteiger partial charge in [-0.2, -0.15) is 0 Å². The summed E-state index contributed by atoms with van der Waals surface area (Å²) in [4.78, 5) is 1.18. The number of para-hydroxylation sites is 1. The van der Waals surface area contributed by atoms with Crippen LogP contribution >= 0.6 is 11.3 Å². The minimum atomic E-state index is -0.292. The van der Waals surface area contributed by atoms with Crippen molar-refractivity contribution < 1.29 is 13.9 Å². The van der Waals surface area contributed by atoms with Crippen LogP contribution in [-0.2, 0) is 0 Å². The van der Waals surface area contributed by atoms with Crippen molar-refractivity contribution in [3.63, 3.8) is 0 Å². The van der Waals surface area contributed by atoms with Gasteiger partial charge < -0.3 is 9.47 Å². The lowest BCUT2D eigenvalue weighted by molar-refractivity contribution is 0.480. The molecule has 0 fully saturated rings. The van der Waals surface area contributed by atoms with E-state index in [1.54, 1.807) is 23.5 Å². The zero-order chi connectivity index (χ0) is 21.8. The van der Waals surface area contributed by atoms with Crippen molar-refractivity contribution in [1.82, 2.24) is 0 Å². The molecular formula is C28H19FO2S. The van der Waals surface area contributed by atoms with E-state index in [2.05, 4.69) is 29.6 Å². The van der Waals surface area contributed by atoms with Crippen LogP contribution < -0.4 is 9.47 Å². The molecule has 0 saturated heterocycles. The summed E-state index contributed by atoms with van der Waals surface area (Å²) in [6, 6.07) is 33.9. The Morgan fingerprint density at radius 1 is 0.562 bits per heavy atom. The predicted molar refractivity (Wildman–Crippen MR) is 128 cm³/mol. The Balaban J connectivity index is 1.52. The lowest BCUT2D eigenvalue weighted by Crippen LogP contribution is -1.90. The van der Waals surface area contributed by atoms with Gasteiger partial charge in [0.2, 0.25) is 0 Å². The Labute approximate surface area is 190 Å². The standard InChI is InChI=1S/C28H19FO2S/c29-22-12-14-24(15-13-22)30-25-9-4-6-20(18-25)26-16-11-21(28-10-5-17-32-28)19-27(26)31-23-7-2-1-3-8-23/h1-19H. The molecule has 0 aliphatic rings. The van der Waals surface area contributed by atoms with Crippen LogP contribution in [0.4, 0.5) is 4.39 Å². The number of benzene rings is 4. The molecule has 0 saturated carbocycles. The van der Waals surface area contributed by atoms with E-state index in [1.165, 1.54) is 17.0 Å². The molecule has 5 rings (SSSR count). The monoisotopic (exact) mass is 438 g/mol. The topological polar surface area (TPSA) is 18.5 Å². The molecule has 0 aliphatic carbocycles. The van der Waals surface area contributed by atoms with Gasteiger partial charge in [-0.25, -0.2) is 4.39 Å². The summed E-state index contributed by atoms with van der Waals surface area (Å²) < 4.78 is 25.4. The highest BCUT2D eigenvalue weighted by molar-refractivity contribution is 7.13. The molecule has 32 heavy (non-hydrogen) atoms. The zero-order valence-corrected chi connectivity index (χ0v) is 17.9. The molecule has 0 atom stereocenters. The lowest BCUT2D eigenvalue weighted by atomic mass is 10.0. The van der Waals surface area contributed by atoms with Gasteiger partial charge in [-0.15, -0.1) is 11.3 Å². The third kappa shape index (κ3) is 4.56. The van der Waals surface area contributed by atoms with Crippen LogP contribution in [-0.4, -0.2) is 0 Å². The van der Waals surface area contributed by atoms with Gasteiger partial charge in [-0.3, -0.25) is 0 Å². The Bertz CT molecular complexity index is 1310. The van der Waals surface area contributed by atoms with Gasteiger partial charge in [0.1, 0.15) is 28.8 Å². The molecule has 0 amide bonds. The maximum Gasteiger partial charge on any atom is 0.135 e. The highest BCUT2D eigenvalue weighted by Crippen LogP contribution is 2.39. The Morgan fingerprint density at radius 3 is 2.12 bits per heavy atom. The van der Waals surface area contributed by atoms with Gasteiger partial charge >= 0.3 is 0 Å². The van der Waals surface area contributed by atoms with Gasteiger partial charge in [0.15, 0.2) is 0 Å². The molecule has 0 N–H and O–H groups in total. The first-order valence-corrected chi connectivity index (χ1v) is 11.1. The molecule has 0 bridgehead atoms. The number of rotatable bonds is 6. The molecule has 0 unspecified atom stereocenters. The first-order valence-electron chi connectivity index (χ1n) is 10.2. The number of thiophene rings is 1. The van der Waals surface area contributed by atoms with E-state index >= 15 is 0 Å². The number of hydrogen-bond acceptors (Lipinski definition) is 3. The molecule has 0 radical (unpaired) electrons. The minimum Gasteiger partial charge on any atom is -0.457 e. The lowest BCUT2D eigenvalue weighted by Gasteiger charge is -2.14. The van der Waals surface area contributed by atoms with Crippen LogP contribution in [0.5, 0.6) is 23.0 Å². The Hall–Kier alpha value is -3.89. The maximum atomic E-state index is 13.2. The van der Waals surface area contributed by atoms with Crippen molar-refractivity contribution in [2.75, 3.05) is 0 Å². The highest BCUT2D eigenvalue weighted by atomic mass is 32.1. The van der Waals surface area contributed by atoms with Crippen molar-refractivity contribution in [3.05, 3.63) is 120 Å². The number of ether oxygens (including phenoxy) is 2. The van der Waals surface area contributed by atoms with Crippen LogP contribution in [0.3, 0.4) is 0 Å². The molecule has 2 nitrogen and oxygen atoms in total. The van der Waals surface area contributed by atoms with Gasteiger partial charge in [-0.1, -0.05) is 42.5 Å². The number of halogens is 1. The molecule has 1 heterocycles. The molecule has 4 heteroatoms. The summed E-state index contributed by atoms with van der Waals surface area (Å²) in [6.07, 6.45) is 0. The number of hydrogen-bond donors (Lipinski definition) is 0. The summed E-state index contributed by atoms with van der Waals surface area (Å²) in [7, 11) is 0. The summed E-state index contributed by atoms with van der Waals surface area (Å²) in [5.74, 6) is 2.50. The SMILES string of the molecule is Fc1ccc(Oc2cccc(-c3ccc(-c4cccs4)cc3Oc3ccccc3)c2)cc1. The van der Waals surface area contributed by atoms with Crippen LogP contribution in [0.15, 0.2) is 115 Å². The van der Waals surface area contributed by atoms with E-state index in [9.17, 15) is 4.39 Å².